The predicted octanol–water partition coefficient (Wildman–Crippen LogP) is 1.34. The molecule has 1 aliphatic rings. The highest BCUT2D eigenvalue weighted by molar-refractivity contribution is 5.94. The number of hydrogen-bond acceptors (Lipinski definition) is 2. The molecule has 1 atom stereocenters. The van der Waals surface area contributed by atoms with E-state index in [2.05, 4.69) is 10.6 Å². The van der Waals surface area contributed by atoms with Crippen LogP contribution in [0.2, 0.25) is 0 Å². The van der Waals surface area contributed by atoms with Crippen molar-refractivity contribution in [2.75, 3.05) is 13.1 Å². The van der Waals surface area contributed by atoms with Gasteiger partial charge in [0.2, 0.25) is 0 Å². The maximum atomic E-state index is 12.8. The Morgan fingerprint density at radius 1 is 1.50 bits per heavy atom. The van der Waals surface area contributed by atoms with Crippen molar-refractivity contribution in [3.8, 4) is 0 Å². The number of rotatable bonds is 2. The van der Waals surface area contributed by atoms with Crippen LogP contribution in [0.15, 0.2) is 24.3 Å². The molecule has 0 saturated carbocycles. The third kappa shape index (κ3) is 3.18. The number of nitrogens with one attached hydrogen (secondary N) is 2. The van der Waals surface area contributed by atoms with Gasteiger partial charge < -0.3 is 10.6 Å². The Kier molecular flexibility index (Phi) is 4.71. The quantitative estimate of drug-likeness (QED) is 0.824. The molecule has 1 aliphatic heterocycles. The second-order valence-electron chi connectivity index (χ2n) is 3.67. The predicted molar refractivity (Wildman–Crippen MR) is 62.4 cm³/mol. The summed E-state index contributed by atoms with van der Waals surface area (Å²) >= 11 is 0. The van der Waals surface area contributed by atoms with Gasteiger partial charge >= 0.3 is 0 Å². The van der Waals surface area contributed by atoms with E-state index in [-0.39, 0.29) is 30.2 Å². The molecule has 0 aliphatic carbocycles. The smallest absolute Gasteiger partial charge is 0.251 e. The Hall–Kier alpha value is -1.13. The first kappa shape index (κ1) is 12.9. The van der Waals surface area contributed by atoms with Crippen LogP contribution >= 0.6 is 12.4 Å². The zero-order chi connectivity index (χ0) is 10.7. The van der Waals surface area contributed by atoms with Crippen LogP contribution in [-0.4, -0.2) is 25.0 Å². The second-order valence-corrected chi connectivity index (χ2v) is 3.67. The fraction of sp³-hybridized carbons (Fsp3) is 0.364. The lowest BCUT2D eigenvalue weighted by Gasteiger charge is -2.10. The summed E-state index contributed by atoms with van der Waals surface area (Å²) in [6.07, 6.45) is 0.932. The fourth-order valence-corrected chi connectivity index (χ4v) is 1.68. The third-order valence-electron chi connectivity index (χ3n) is 2.48. The van der Waals surface area contributed by atoms with Crippen molar-refractivity contribution in [1.82, 2.24) is 10.6 Å². The molecular formula is C11H14ClFN2O. The van der Waals surface area contributed by atoms with Crippen LogP contribution in [0.3, 0.4) is 0 Å². The number of halogens is 2. The van der Waals surface area contributed by atoms with Gasteiger partial charge in [-0.2, -0.15) is 0 Å². The molecule has 88 valence electrons. The van der Waals surface area contributed by atoms with Crippen molar-refractivity contribution in [1.29, 1.82) is 0 Å². The first-order valence-corrected chi connectivity index (χ1v) is 5.03. The topological polar surface area (TPSA) is 41.1 Å². The van der Waals surface area contributed by atoms with Gasteiger partial charge in [-0.15, -0.1) is 12.4 Å². The lowest BCUT2D eigenvalue weighted by atomic mass is 10.2. The lowest BCUT2D eigenvalue weighted by Crippen LogP contribution is -2.36. The maximum Gasteiger partial charge on any atom is 0.251 e. The van der Waals surface area contributed by atoms with Crippen LogP contribution in [0, 0.1) is 5.82 Å². The zero-order valence-corrected chi connectivity index (χ0v) is 9.52. The van der Waals surface area contributed by atoms with Gasteiger partial charge in [0.15, 0.2) is 0 Å². The van der Waals surface area contributed by atoms with Crippen LogP contribution in [0.5, 0.6) is 0 Å². The van der Waals surface area contributed by atoms with Crippen molar-refractivity contribution < 1.29 is 9.18 Å². The minimum Gasteiger partial charge on any atom is -0.348 e. The number of amides is 1. The summed E-state index contributed by atoms with van der Waals surface area (Å²) in [7, 11) is 0. The standard InChI is InChI=1S/C11H13FN2O.ClH/c12-9-3-1-2-8(6-9)11(15)14-10-4-5-13-7-10;/h1-3,6,10,13H,4-5,7H2,(H,14,15);1H. The Labute approximate surface area is 99.8 Å². The average Bonchev–Trinajstić information content (AvgIpc) is 2.70. The Morgan fingerprint density at radius 3 is 2.94 bits per heavy atom. The molecule has 2 rings (SSSR count). The van der Waals surface area contributed by atoms with Crippen molar-refractivity contribution in [2.24, 2.45) is 0 Å². The normalized spacial score (nSPS) is 18.9. The molecule has 0 aromatic heterocycles. The third-order valence-corrected chi connectivity index (χ3v) is 2.48. The molecule has 1 amide bonds. The molecule has 5 heteroatoms. The molecular weight excluding hydrogens is 231 g/mol. The van der Waals surface area contributed by atoms with E-state index in [1.54, 1.807) is 6.07 Å². The Balaban J connectivity index is 0.00000128. The molecule has 1 saturated heterocycles. The number of benzene rings is 1. The molecule has 1 heterocycles. The summed E-state index contributed by atoms with van der Waals surface area (Å²) in [4.78, 5) is 11.6. The molecule has 16 heavy (non-hydrogen) atoms. The highest BCUT2D eigenvalue weighted by Crippen LogP contribution is 2.05. The van der Waals surface area contributed by atoms with E-state index in [4.69, 9.17) is 0 Å². The molecule has 1 aromatic rings. The first-order chi connectivity index (χ1) is 7.25. The van der Waals surface area contributed by atoms with E-state index in [1.165, 1.54) is 18.2 Å². The summed E-state index contributed by atoms with van der Waals surface area (Å²) in [5.74, 6) is -0.588. The van der Waals surface area contributed by atoms with Crippen LogP contribution in [0.25, 0.3) is 0 Å². The molecule has 1 aromatic carbocycles. The zero-order valence-electron chi connectivity index (χ0n) is 8.70. The molecule has 0 spiro atoms. The maximum absolute atomic E-state index is 12.8. The van der Waals surface area contributed by atoms with Crippen LogP contribution < -0.4 is 10.6 Å². The fourth-order valence-electron chi connectivity index (χ4n) is 1.68. The average molecular weight is 245 g/mol. The van der Waals surface area contributed by atoms with Crippen LogP contribution in [0.1, 0.15) is 16.8 Å². The van der Waals surface area contributed by atoms with Gasteiger partial charge in [-0.05, 0) is 31.2 Å². The van der Waals surface area contributed by atoms with Crippen LogP contribution in [-0.2, 0) is 0 Å². The minimum atomic E-state index is -0.382. The van der Waals surface area contributed by atoms with Crippen molar-refractivity contribution in [3.05, 3.63) is 35.6 Å². The molecule has 0 bridgehead atoms. The molecule has 1 fully saturated rings. The summed E-state index contributed by atoms with van der Waals surface area (Å²) in [6.45, 7) is 1.72. The SMILES string of the molecule is Cl.O=C(NC1CCNC1)c1cccc(F)c1. The highest BCUT2D eigenvalue weighted by atomic mass is 35.5. The van der Waals surface area contributed by atoms with Crippen molar-refractivity contribution in [3.63, 3.8) is 0 Å². The Bertz CT molecular complexity index is 367. The summed E-state index contributed by atoms with van der Waals surface area (Å²) in [5, 5.41) is 6.01. The largest absolute Gasteiger partial charge is 0.348 e. The van der Waals surface area contributed by atoms with E-state index < -0.39 is 0 Å². The number of hydrogen-bond donors (Lipinski definition) is 2. The molecule has 1 unspecified atom stereocenters. The van der Waals surface area contributed by atoms with E-state index >= 15 is 0 Å². The molecule has 2 N–H and O–H groups in total. The van der Waals surface area contributed by atoms with Crippen molar-refractivity contribution >= 4 is 18.3 Å². The van der Waals surface area contributed by atoms with E-state index in [1.807, 2.05) is 0 Å². The van der Waals surface area contributed by atoms with Gasteiger partial charge in [0.25, 0.3) is 5.91 Å². The molecule has 0 radical (unpaired) electrons. The highest BCUT2D eigenvalue weighted by Gasteiger charge is 2.17. The van der Waals surface area contributed by atoms with Gasteiger partial charge in [0.1, 0.15) is 5.82 Å². The van der Waals surface area contributed by atoms with Gasteiger partial charge in [0, 0.05) is 18.2 Å². The van der Waals surface area contributed by atoms with E-state index in [9.17, 15) is 9.18 Å². The summed E-state index contributed by atoms with van der Waals surface area (Å²) in [6, 6.07) is 5.89. The summed E-state index contributed by atoms with van der Waals surface area (Å²) < 4.78 is 12.8. The van der Waals surface area contributed by atoms with E-state index in [0.29, 0.717) is 5.56 Å². The van der Waals surface area contributed by atoms with E-state index in [0.717, 1.165) is 19.5 Å². The molecule has 3 nitrogen and oxygen atoms in total. The minimum absolute atomic E-state index is 0. The number of carbonyl (C=O) groups is 1. The van der Waals surface area contributed by atoms with Gasteiger partial charge in [-0.1, -0.05) is 6.07 Å². The van der Waals surface area contributed by atoms with Gasteiger partial charge in [0.05, 0.1) is 0 Å². The summed E-state index contributed by atoms with van der Waals surface area (Å²) in [5.41, 5.74) is 0.377. The van der Waals surface area contributed by atoms with Crippen molar-refractivity contribution in [2.45, 2.75) is 12.5 Å². The lowest BCUT2D eigenvalue weighted by molar-refractivity contribution is 0.0939. The monoisotopic (exact) mass is 244 g/mol. The second kappa shape index (κ2) is 5.82. The van der Waals surface area contributed by atoms with Gasteiger partial charge in [-0.3, -0.25) is 4.79 Å². The number of carbonyl (C=O) groups excluding carboxylic acids is 1. The Morgan fingerprint density at radius 2 is 2.31 bits per heavy atom. The first-order valence-electron chi connectivity index (χ1n) is 5.03. The van der Waals surface area contributed by atoms with Gasteiger partial charge in [-0.25, -0.2) is 4.39 Å². The van der Waals surface area contributed by atoms with Crippen LogP contribution in [0.4, 0.5) is 4.39 Å².